The van der Waals surface area contributed by atoms with Gasteiger partial charge in [0, 0.05) is 16.1 Å². The van der Waals surface area contributed by atoms with Crippen molar-refractivity contribution in [2.75, 3.05) is 12.4 Å². The zero-order valence-electron chi connectivity index (χ0n) is 14.3. The largest absolute Gasteiger partial charge is 0.495 e. The van der Waals surface area contributed by atoms with Crippen molar-refractivity contribution in [3.8, 4) is 5.75 Å². The molecule has 8 heteroatoms. The summed E-state index contributed by atoms with van der Waals surface area (Å²) in [6.07, 6.45) is -0.0580. The van der Waals surface area contributed by atoms with Crippen LogP contribution in [-0.2, 0) is 4.79 Å². The van der Waals surface area contributed by atoms with E-state index in [1.54, 1.807) is 36.4 Å². The van der Waals surface area contributed by atoms with Gasteiger partial charge in [-0.2, -0.15) is 0 Å². The van der Waals surface area contributed by atoms with Crippen LogP contribution in [-0.4, -0.2) is 19.0 Å². The number of carbonyl (C=O) groups is 2. The number of amides is 3. The second kappa shape index (κ2) is 8.78. The van der Waals surface area contributed by atoms with Crippen molar-refractivity contribution in [2.45, 2.75) is 19.4 Å². The summed E-state index contributed by atoms with van der Waals surface area (Å²) in [6, 6.07) is 8.85. The minimum Gasteiger partial charge on any atom is -0.495 e. The van der Waals surface area contributed by atoms with Gasteiger partial charge in [-0.1, -0.05) is 41.4 Å². The van der Waals surface area contributed by atoms with E-state index in [0.29, 0.717) is 27.0 Å². The smallest absolute Gasteiger partial charge is 0.312 e. The number of primary amides is 1. The lowest BCUT2D eigenvalue weighted by Crippen LogP contribution is -2.35. The van der Waals surface area contributed by atoms with Gasteiger partial charge in [0.1, 0.15) is 5.75 Å². The average molecular weight is 396 g/mol. The lowest BCUT2D eigenvalue weighted by molar-refractivity contribution is -0.116. The van der Waals surface area contributed by atoms with E-state index in [1.807, 2.05) is 6.92 Å². The van der Waals surface area contributed by atoms with E-state index in [1.165, 1.54) is 7.11 Å². The molecule has 0 heterocycles. The summed E-state index contributed by atoms with van der Waals surface area (Å²) < 4.78 is 5.25. The highest BCUT2D eigenvalue weighted by Crippen LogP contribution is 2.32. The molecule has 0 aromatic heterocycles. The fourth-order valence-electron chi connectivity index (χ4n) is 2.48. The van der Waals surface area contributed by atoms with Crippen molar-refractivity contribution >= 4 is 40.8 Å². The van der Waals surface area contributed by atoms with Gasteiger partial charge in [-0.15, -0.1) is 0 Å². The van der Waals surface area contributed by atoms with Crippen molar-refractivity contribution in [3.63, 3.8) is 0 Å². The summed E-state index contributed by atoms with van der Waals surface area (Å²) in [5.41, 5.74) is 7.11. The molecular weight excluding hydrogens is 377 g/mol. The third kappa shape index (κ3) is 5.03. The molecule has 0 unspecified atom stereocenters. The second-order valence-electron chi connectivity index (χ2n) is 5.64. The van der Waals surface area contributed by atoms with Gasteiger partial charge in [0.05, 0.1) is 25.3 Å². The number of anilines is 1. The van der Waals surface area contributed by atoms with E-state index in [4.69, 9.17) is 33.7 Å². The fourth-order valence-corrected chi connectivity index (χ4v) is 2.91. The molecule has 6 nitrogen and oxygen atoms in total. The Kier molecular flexibility index (Phi) is 6.71. The monoisotopic (exact) mass is 395 g/mol. The summed E-state index contributed by atoms with van der Waals surface area (Å²) in [7, 11) is 1.48. The molecule has 0 aliphatic carbocycles. The maximum atomic E-state index is 12.5. The van der Waals surface area contributed by atoms with Gasteiger partial charge in [-0.25, -0.2) is 4.79 Å². The van der Waals surface area contributed by atoms with Crippen LogP contribution in [0.4, 0.5) is 10.5 Å². The number of methoxy groups -OCH3 is 1. The molecule has 2 aromatic rings. The SMILES string of the molecule is COc1cc(Cl)c(C)cc1NC(=O)C[C@@H](NC(N)=O)c1ccccc1Cl. The molecule has 2 aromatic carbocycles. The molecule has 0 saturated heterocycles. The number of carbonyl (C=O) groups excluding carboxylic acids is 2. The molecule has 3 amide bonds. The Morgan fingerprint density at radius 2 is 1.88 bits per heavy atom. The van der Waals surface area contributed by atoms with Crippen LogP contribution in [0.15, 0.2) is 36.4 Å². The number of nitrogens with two attached hydrogens (primary N) is 1. The number of benzene rings is 2. The lowest BCUT2D eigenvalue weighted by Gasteiger charge is -2.19. The normalized spacial score (nSPS) is 11.5. The van der Waals surface area contributed by atoms with E-state index in [-0.39, 0.29) is 12.3 Å². The number of urea groups is 1. The standard InChI is InChI=1S/C18H19Cl2N3O3/c1-10-7-15(16(26-2)8-13(10)20)22-17(24)9-14(23-18(21)25)11-5-3-4-6-12(11)19/h3-8,14H,9H2,1-2H3,(H,22,24)(H3,21,23,25)/t14-/m1/s1. The maximum Gasteiger partial charge on any atom is 0.312 e. The van der Waals surface area contributed by atoms with E-state index >= 15 is 0 Å². The molecular formula is C18H19Cl2N3O3. The summed E-state index contributed by atoms with van der Waals surface area (Å²) in [5, 5.41) is 6.27. The molecule has 0 radical (unpaired) electrons. The van der Waals surface area contributed by atoms with Crippen LogP contribution in [0.5, 0.6) is 5.75 Å². The highest BCUT2D eigenvalue weighted by Gasteiger charge is 2.20. The van der Waals surface area contributed by atoms with Crippen LogP contribution < -0.4 is 21.1 Å². The number of aryl methyl sites for hydroxylation is 1. The number of hydrogen-bond donors (Lipinski definition) is 3. The summed E-state index contributed by atoms with van der Waals surface area (Å²) in [5.74, 6) is 0.0924. The van der Waals surface area contributed by atoms with E-state index in [0.717, 1.165) is 5.56 Å². The molecule has 0 spiro atoms. The molecule has 0 fully saturated rings. The van der Waals surface area contributed by atoms with E-state index in [2.05, 4.69) is 10.6 Å². The molecule has 0 bridgehead atoms. The van der Waals surface area contributed by atoms with Gasteiger partial charge in [0.15, 0.2) is 0 Å². The summed E-state index contributed by atoms with van der Waals surface area (Å²) in [6.45, 7) is 1.82. The van der Waals surface area contributed by atoms with Crippen LogP contribution in [0.1, 0.15) is 23.6 Å². The van der Waals surface area contributed by atoms with Gasteiger partial charge >= 0.3 is 6.03 Å². The molecule has 2 rings (SSSR count). The Morgan fingerprint density at radius 3 is 2.50 bits per heavy atom. The van der Waals surface area contributed by atoms with Gasteiger partial charge < -0.3 is 21.1 Å². The van der Waals surface area contributed by atoms with E-state index in [9.17, 15) is 9.59 Å². The fraction of sp³-hybridized carbons (Fsp3) is 0.222. The van der Waals surface area contributed by atoms with Gasteiger partial charge in [-0.05, 0) is 30.2 Å². The van der Waals surface area contributed by atoms with Gasteiger partial charge in [0.25, 0.3) is 0 Å². The lowest BCUT2D eigenvalue weighted by atomic mass is 10.0. The van der Waals surface area contributed by atoms with Crippen LogP contribution in [0.25, 0.3) is 0 Å². The number of ether oxygens (including phenoxy) is 1. The van der Waals surface area contributed by atoms with Crippen molar-refractivity contribution in [1.29, 1.82) is 0 Å². The molecule has 26 heavy (non-hydrogen) atoms. The van der Waals surface area contributed by atoms with Crippen LogP contribution >= 0.6 is 23.2 Å². The predicted molar refractivity (Wildman–Crippen MR) is 103 cm³/mol. The van der Waals surface area contributed by atoms with Crippen molar-refractivity contribution in [3.05, 3.63) is 57.6 Å². The number of rotatable bonds is 6. The number of nitrogens with one attached hydrogen (secondary N) is 2. The third-order valence-electron chi connectivity index (χ3n) is 3.74. The predicted octanol–water partition coefficient (Wildman–Crippen LogP) is 4.05. The first kappa shape index (κ1) is 19.9. The highest BCUT2D eigenvalue weighted by atomic mass is 35.5. The van der Waals surface area contributed by atoms with E-state index < -0.39 is 12.1 Å². The van der Waals surface area contributed by atoms with Gasteiger partial charge in [0.2, 0.25) is 5.91 Å². The Morgan fingerprint density at radius 1 is 1.19 bits per heavy atom. The first-order chi connectivity index (χ1) is 12.3. The zero-order chi connectivity index (χ0) is 19.3. The van der Waals surface area contributed by atoms with Crippen molar-refractivity contribution in [2.24, 2.45) is 5.73 Å². The second-order valence-corrected chi connectivity index (χ2v) is 6.45. The minimum atomic E-state index is -0.748. The minimum absolute atomic E-state index is 0.0580. The van der Waals surface area contributed by atoms with Crippen molar-refractivity contribution < 1.29 is 14.3 Å². The van der Waals surface area contributed by atoms with Crippen molar-refractivity contribution in [1.82, 2.24) is 5.32 Å². The number of halogens is 2. The Hall–Kier alpha value is -2.44. The van der Waals surface area contributed by atoms with Crippen LogP contribution in [0, 0.1) is 6.92 Å². The first-order valence-corrected chi connectivity index (χ1v) is 8.51. The Balaban J connectivity index is 2.22. The molecule has 4 N–H and O–H groups in total. The Bertz CT molecular complexity index is 827. The molecule has 0 saturated carbocycles. The van der Waals surface area contributed by atoms with Crippen LogP contribution in [0.3, 0.4) is 0 Å². The number of hydrogen-bond acceptors (Lipinski definition) is 3. The quantitative estimate of drug-likeness (QED) is 0.688. The Labute approximate surface area is 161 Å². The zero-order valence-corrected chi connectivity index (χ0v) is 15.8. The molecule has 138 valence electrons. The summed E-state index contributed by atoms with van der Waals surface area (Å²) >= 11 is 12.2. The maximum absolute atomic E-state index is 12.5. The van der Waals surface area contributed by atoms with Gasteiger partial charge in [-0.3, -0.25) is 4.79 Å². The molecule has 1 atom stereocenters. The average Bonchev–Trinajstić information content (AvgIpc) is 2.57. The highest BCUT2D eigenvalue weighted by molar-refractivity contribution is 6.32. The van der Waals surface area contributed by atoms with Crippen LogP contribution in [0.2, 0.25) is 10.0 Å². The summed E-state index contributed by atoms with van der Waals surface area (Å²) in [4.78, 5) is 23.8. The third-order valence-corrected chi connectivity index (χ3v) is 4.49. The molecule has 0 aliphatic rings. The first-order valence-electron chi connectivity index (χ1n) is 7.76. The molecule has 0 aliphatic heterocycles. The topological polar surface area (TPSA) is 93.4 Å².